The number of imidazole rings is 1. The number of carbonyl (C=O) groups is 1. The van der Waals surface area contributed by atoms with Gasteiger partial charge in [0.25, 0.3) is 5.91 Å². The molecule has 0 aliphatic carbocycles. The fourth-order valence-corrected chi connectivity index (χ4v) is 2.41. The van der Waals surface area contributed by atoms with Gasteiger partial charge in [0.2, 0.25) is 0 Å². The van der Waals surface area contributed by atoms with E-state index in [-0.39, 0.29) is 5.91 Å². The van der Waals surface area contributed by atoms with Crippen molar-refractivity contribution < 1.29 is 4.79 Å². The summed E-state index contributed by atoms with van der Waals surface area (Å²) in [5.74, 6) is 1.55. The Balaban J connectivity index is 1.82. The molecule has 2 aromatic rings. The first kappa shape index (κ1) is 12.2. The standard InChI is InChI=1S/C13H13ClN4O/c14-10-5-9(6-15-7-10)13(19)17-12-8-16-11-3-1-2-4-18(11)12/h5-8H,1-4H2,(H,17,19). The average Bonchev–Trinajstić information content (AvgIpc) is 2.82. The zero-order chi connectivity index (χ0) is 13.2. The molecule has 1 aliphatic heterocycles. The summed E-state index contributed by atoms with van der Waals surface area (Å²) >= 11 is 5.83. The number of halogens is 1. The summed E-state index contributed by atoms with van der Waals surface area (Å²) in [6, 6.07) is 1.59. The number of hydrogen-bond donors (Lipinski definition) is 1. The van der Waals surface area contributed by atoms with Crippen LogP contribution in [0.2, 0.25) is 5.02 Å². The number of hydrogen-bond acceptors (Lipinski definition) is 3. The summed E-state index contributed by atoms with van der Waals surface area (Å²) in [5, 5.41) is 3.30. The molecule has 6 heteroatoms. The molecular weight excluding hydrogens is 264 g/mol. The van der Waals surface area contributed by atoms with Crippen molar-refractivity contribution in [3.05, 3.63) is 41.1 Å². The molecule has 0 aromatic carbocycles. The quantitative estimate of drug-likeness (QED) is 0.917. The van der Waals surface area contributed by atoms with Crippen molar-refractivity contribution >= 4 is 23.3 Å². The lowest BCUT2D eigenvalue weighted by Crippen LogP contribution is -2.18. The molecule has 0 radical (unpaired) electrons. The minimum Gasteiger partial charge on any atom is -0.315 e. The number of pyridine rings is 1. The molecule has 19 heavy (non-hydrogen) atoms. The Kier molecular flexibility index (Phi) is 3.21. The van der Waals surface area contributed by atoms with Gasteiger partial charge in [-0.2, -0.15) is 0 Å². The van der Waals surface area contributed by atoms with Gasteiger partial charge in [-0.05, 0) is 18.9 Å². The molecule has 1 N–H and O–H groups in total. The summed E-state index contributed by atoms with van der Waals surface area (Å²) in [7, 11) is 0. The van der Waals surface area contributed by atoms with Crippen LogP contribution in [0.15, 0.2) is 24.7 Å². The Morgan fingerprint density at radius 2 is 2.21 bits per heavy atom. The molecule has 1 amide bonds. The van der Waals surface area contributed by atoms with Gasteiger partial charge in [0.15, 0.2) is 0 Å². The number of carbonyl (C=O) groups excluding carboxylic acids is 1. The van der Waals surface area contributed by atoms with Crippen LogP contribution in [0, 0.1) is 0 Å². The number of anilines is 1. The Morgan fingerprint density at radius 3 is 3.05 bits per heavy atom. The SMILES string of the molecule is O=C(Nc1cnc2n1CCCC2)c1cncc(Cl)c1. The molecule has 0 fully saturated rings. The molecule has 0 unspecified atom stereocenters. The van der Waals surface area contributed by atoms with E-state index >= 15 is 0 Å². The second kappa shape index (κ2) is 5.01. The van der Waals surface area contributed by atoms with Crippen molar-refractivity contribution in [2.24, 2.45) is 0 Å². The predicted molar refractivity (Wildman–Crippen MR) is 72.4 cm³/mol. The fraction of sp³-hybridized carbons (Fsp3) is 0.308. The molecule has 0 saturated carbocycles. The van der Waals surface area contributed by atoms with E-state index in [2.05, 4.69) is 19.9 Å². The van der Waals surface area contributed by atoms with Crippen molar-refractivity contribution in [3.8, 4) is 0 Å². The van der Waals surface area contributed by atoms with Gasteiger partial charge in [0, 0.05) is 25.4 Å². The highest BCUT2D eigenvalue weighted by atomic mass is 35.5. The van der Waals surface area contributed by atoms with Crippen LogP contribution in [0.5, 0.6) is 0 Å². The van der Waals surface area contributed by atoms with Crippen LogP contribution in [0.3, 0.4) is 0 Å². The van der Waals surface area contributed by atoms with Gasteiger partial charge >= 0.3 is 0 Å². The van der Waals surface area contributed by atoms with Crippen LogP contribution in [0.1, 0.15) is 29.0 Å². The van der Waals surface area contributed by atoms with Gasteiger partial charge in [0.1, 0.15) is 11.6 Å². The molecule has 5 nitrogen and oxygen atoms in total. The largest absolute Gasteiger partial charge is 0.315 e. The number of fused-ring (bicyclic) bond motifs is 1. The maximum Gasteiger partial charge on any atom is 0.258 e. The van der Waals surface area contributed by atoms with E-state index in [1.54, 1.807) is 12.3 Å². The first-order valence-electron chi connectivity index (χ1n) is 6.20. The highest BCUT2D eigenvalue weighted by molar-refractivity contribution is 6.30. The van der Waals surface area contributed by atoms with Gasteiger partial charge in [-0.25, -0.2) is 4.98 Å². The number of aryl methyl sites for hydroxylation is 1. The Hall–Kier alpha value is -1.88. The molecule has 3 rings (SSSR count). The Labute approximate surface area is 115 Å². The molecule has 2 aromatic heterocycles. The fourth-order valence-electron chi connectivity index (χ4n) is 2.24. The lowest BCUT2D eigenvalue weighted by molar-refractivity contribution is 0.102. The van der Waals surface area contributed by atoms with Gasteiger partial charge in [-0.1, -0.05) is 11.6 Å². The number of rotatable bonds is 2. The second-order valence-corrected chi connectivity index (χ2v) is 4.95. The summed E-state index contributed by atoms with van der Waals surface area (Å²) in [6.45, 7) is 0.902. The van der Waals surface area contributed by atoms with Crippen LogP contribution in [-0.2, 0) is 13.0 Å². The first-order valence-corrected chi connectivity index (χ1v) is 6.58. The third kappa shape index (κ3) is 2.46. The van der Waals surface area contributed by atoms with E-state index in [0.29, 0.717) is 10.6 Å². The lowest BCUT2D eigenvalue weighted by Gasteiger charge is -2.16. The van der Waals surface area contributed by atoms with Crippen molar-refractivity contribution in [3.63, 3.8) is 0 Å². The van der Waals surface area contributed by atoms with Crippen molar-refractivity contribution in [1.29, 1.82) is 0 Å². The van der Waals surface area contributed by atoms with Crippen LogP contribution < -0.4 is 5.32 Å². The van der Waals surface area contributed by atoms with E-state index in [1.165, 1.54) is 12.4 Å². The van der Waals surface area contributed by atoms with E-state index in [0.717, 1.165) is 37.4 Å². The Morgan fingerprint density at radius 1 is 1.32 bits per heavy atom. The van der Waals surface area contributed by atoms with Gasteiger partial charge < -0.3 is 9.88 Å². The van der Waals surface area contributed by atoms with Crippen molar-refractivity contribution in [1.82, 2.24) is 14.5 Å². The van der Waals surface area contributed by atoms with Gasteiger partial charge in [-0.15, -0.1) is 0 Å². The molecule has 0 saturated heterocycles. The number of amides is 1. The van der Waals surface area contributed by atoms with Crippen LogP contribution in [0.25, 0.3) is 0 Å². The zero-order valence-corrected chi connectivity index (χ0v) is 11.0. The van der Waals surface area contributed by atoms with Gasteiger partial charge in [0.05, 0.1) is 16.8 Å². The normalized spacial score (nSPS) is 13.9. The number of nitrogens with one attached hydrogen (secondary N) is 1. The molecule has 1 aliphatic rings. The topological polar surface area (TPSA) is 59.8 Å². The van der Waals surface area contributed by atoms with E-state index in [1.807, 2.05) is 0 Å². The molecule has 0 spiro atoms. The van der Waals surface area contributed by atoms with Crippen molar-refractivity contribution in [2.45, 2.75) is 25.8 Å². The molecule has 98 valence electrons. The lowest BCUT2D eigenvalue weighted by atomic mass is 10.2. The Bertz CT molecular complexity index is 623. The van der Waals surface area contributed by atoms with E-state index in [9.17, 15) is 4.79 Å². The zero-order valence-electron chi connectivity index (χ0n) is 10.3. The molecule has 0 bridgehead atoms. The minimum atomic E-state index is -0.219. The third-order valence-corrected chi connectivity index (χ3v) is 3.39. The van der Waals surface area contributed by atoms with Crippen LogP contribution in [0.4, 0.5) is 5.82 Å². The van der Waals surface area contributed by atoms with E-state index < -0.39 is 0 Å². The smallest absolute Gasteiger partial charge is 0.258 e. The summed E-state index contributed by atoms with van der Waals surface area (Å²) < 4.78 is 2.05. The van der Waals surface area contributed by atoms with Crippen LogP contribution in [-0.4, -0.2) is 20.4 Å². The third-order valence-electron chi connectivity index (χ3n) is 3.18. The highest BCUT2D eigenvalue weighted by Gasteiger charge is 2.16. The summed E-state index contributed by atoms with van der Waals surface area (Å²) in [5.41, 5.74) is 0.443. The average molecular weight is 277 g/mol. The van der Waals surface area contributed by atoms with E-state index in [4.69, 9.17) is 11.6 Å². The summed E-state index contributed by atoms with van der Waals surface area (Å²) in [4.78, 5) is 20.3. The number of nitrogens with zero attached hydrogens (tertiary/aromatic N) is 3. The maximum atomic E-state index is 12.1. The highest BCUT2D eigenvalue weighted by Crippen LogP contribution is 2.20. The maximum absolute atomic E-state index is 12.1. The summed E-state index contributed by atoms with van der Waals surface area (Å²) in [6.07, 6.45) is 7.94. The minimum absolute atomic E-state index is 0.219. The van der Waals surface area contributed by atoms with Crippen molar-refractivity contribution in [2.75, 3.05) is 5.32 Å². The van der Waals surface area contributed by atoms with Crippen LogP contribution >= 0.6 is 11.6 Å². The molecular formula is C13H13ClN4O. The molecule has 3 heterocycles. The predicted octanol–water partition coefficient (Wildman–Crippen LogP) is 2.52. The first-order chi connectivity index (χ1) is 9.24. The van der Waals surface area contributed by atoms with Gasteiger partial charge in [-0.3, -0.25) is 9.78 Å². The monoisotopic (exact) mass is 276 g/mol. The second-order valence-electron chi connectivity index (χ2n) is 4.51. The molecule has 0 atom stereocenters. The number of aromatic nitrogens is 3.